The molecule has 0 fully saturated rings. The van der Waals surface area contributed by atoms with Crippen LogP contribution in [0, 0.1) is 12.8 Å². The van der Waals surface area contributed by atoms with Gasteiger partial charge in [-0.05, 0) is 49.9 Å². The molecule has 0 saturated heterocycles. The van der Waals surface area contributed by atoms with E-state index in [1.165, 1.54) is 11.1 Å². The molecule has 1 aromatic carbocycles. The van der Waals surface area contributed by atoms with E-state index in [0.29, 0.717) is 5.92 Å². The van der Waals surface area contributed by atoms with Crippen LogP contribution in [0.2, 0.25) is 0 Å². The van der Waals surface area contributed by atoms with Gasteiger partial charge in [0.2, 0.25) is 0 Å². The van der Waals surface area contributed by atoms with Crippen LogP contribution in [-0.2, 0) is 6.54 Å². The number of ether oxygens (including phenoxy) is 1. The monoisotopic (exact) mass is 327 g/mol. The van der Waals surface area contributed by atoms with Crippen molar-refractivity contribution in [3.63, 3.8) is 0 Å². The zero-order chi connectivity index (χ0) is 14.3. The van der Waals surface area contributed by atoms with Gasteiger partial charge in [0.25, 0.3) is 0 Å². The van der Waals surface area contributed by atoms with E-state index in [-0.39, 0.29) is 0 Å². The van der Waals surface area contributed by atoms with Crippen LogP contribution in [-0.4, -0.2) is 13.2 Å². The first kappa shape index (κ1) is 16.5. The maximum Gasteiger partial charge on any atom is 0.126 e. The summed E-state index contributed by atoms with van der Waals surface area (Å²) in [6.45, 7) is 11.4. The molecule has 0 aliphatic heterocycles. The van der Waals surface area contributed by atoms with Crippen molar-refractivity contribution >= 4 is 15.9 Å². The van der Waals surface area contributed by atoms with Crippen molar-refractivity contribution in [3.8, 4) is 5.75 Å². The Kier molecular flexibility index (Phi) is 7.47. The quantitative estimate of drug-likeness (QED) is 0.700. The van der Waals surface area contributed by atoms with Crippen LogP contribution in [0.5, 0.6) is 5.75 Å². The molecule has 0 aliphatic carbocycles. The average molecular weight is 328 g/mol. The zero-order valence-corrected chi connectivity index (χ0v) is 14.1. The summed E-state index contributed by atoms with van der Waals surface area (Å²) in [4.78, 5) is 0. The van der Waals surface area contributed by atoms with Crippen LogP contribution in [0.25, 0.3) is 0 Å². The van der Waals surface area contributed by atoms with Crippen molar-refractivity contribution in [1.82, 2.24) is 5.32 Å². The highest BCUT2D eigenvalue weighted by molar-refractivity contribution is 9.10. The van der Waals surface area contributed by atoms with Crippen LogP contribution in [0.1, 0.15) is 44.7 Å². The SMILES string of the molecule is CCCNCc1cc(Br)cc(C)c1OCCC(C)C. The molecule has 0 aromatic heterocycles. The first-order chi connectivity index (χ1) is 9.04. The third kappa shape index (κ3) is 5.96. The standard InChI is InChI=1S/C16H26BrNO/c1-5-7-18-11-14-10-15(17)9-13(4)16(14)19-8-6-12(2)3/h9-10,12,18H,5-8,11H2,1-4H3. The molecular formula is C16H26BrNO. The van der Waals surface area contributed by atoms with Crippen molar-refractivity contribution < 1.29 is 4.74 Å². The summed E-state index contributed by atoms with van der Waals surface area (Å²) < 4.78 is 7.12. The van der Waals surface area contributed by atoms with E-state index in [0.717, 1.165) is 42.8 Å². The number of hydrogen-bond acceptors (Lipinski definition) is 2. The van der Waals surface area contributed by atoms with E-state index in [1.54, 1.807) is 0 Å². The van der Waals surface area contributed by atoms with E-state index >= 15 is 0 Å². The minimum atomic E-state index is 0.678. The van der Waals surface area contributed by atoms with Gasteiger partial charge in [-0.25, -0.2) is 0 Å². The molecule has 0 aliphatic rings. The fraction of sp³-hybridized carbons (Fsp3) is 0.625. The molecule has 19 heavy (non-hydrogen) atoms. The molecule has 3 heteroatoms. The van der Waals surface area contributed by atoms with Crippen LogP contribution < -0.4 is 10.1 Å². The minimum Gasteiger partial charge on any atom is -0.493 e. The lowest BCUT2D eigenvalue weighted by molar-refractivity contribution is 0.284. The summed E-state index contributed by atoms with van der Waals surface area (Å²) in [6.07, 6.45) is 2.24. The first-order valence-electron chi connectivity index (χ1n) is 7.17. The van der Waals surface area contributed by atoms with Gasteiger partial charge in [-0.1, -0.05) is 36.7 Å². The molecular weight excluding hydrogens is 302 g/mol. The summed E-state index contributed by atoms with van der Waals surface area (Å²) in [5, 5.41) is 3.44. The molecule has 0 amide bonds. The molecule has 1 N–H and O–H groups in total. The van der Waals surface area contributed by atoms with Crippen LogP contribution >= 0.6 is 15.9 Å². The van der Waals surface area contributed by atoms with Gasteiger partial charge < -0.3 is 10.1 Å². The van der Waals surface area contributed by atoms with Crippen LogP contribution in [0.4, 0.5) is 0 Å². The smallest absolute Gasteiger partial charge is 0.126 e. The molecule has 1 rings (SSSR count). The van der Waals surface area contributed by atoms with Crippen LogP contribution in [0.15, 0.2) is 16.6 Å². The van der Waals surface area contributed by atoms with Gasteiger partial charge in [-0.15, -0.1) is 0 Å². The third-order valence-electron chi connectivity index (χ3n) is 3.00. The van der Waals surface area contributed by atoms with Crippen molar-refractivity contribution in [2.24, 2.45) is 5.92 Å². The Balaban J connectivity index is 2.74. The molecule has 2 nitrogen and oxygen atoms in total. The number of nitrogens with one attached hydrogen (secondary N) is 1. The van der Waals surface area contributed by atoms with Crippen molar-refractivity contribution in [2.75, 3.05) is 13.2 Å². The molecule has 0 radical (unpaired) electrons. The predicted molar refractivity (Wildman–Crippen MR) is 85.8 cm³/mol. The normalized spacial score (nSPS) is 11.1. The van der Waals surface area contributed by atoms with E-state index in [4.69, 9.17) is 4.74 Å². The fourth-order valence-corrected chi connectivity index (χ4v) is 2.55. The van der Waals surface area contributed by atoms with Gasteiger partial charge in [0.05, 0.1) is 6.61 Å². The molecule has 0 atom stereocenters. The highest BCUT2D eigenvalue weighted by Crippen LogP contribution is 2.28. The fourth-order valence-electron chi connectivity index (χ4n) is 1.93. The number of benzene rings is 1. The topological polar surface area (TPSA) is 21.3 Å². The maximum atomic E-state index is 6.00. The average Bonchev–Trinajstić information content (AvgIpc) is 2.32. The van der Waals surface area contributed by atoms with E-state index < -0.39 is 0 Å². The molecule has 0 saturated carbocycles. The highest BCUT2D eigenvalue weighted by atomic mass is 79.9. The van der Waals surface area contributed by atoms with Crippen molar-refractivity contribution in [3.05, 3.63) is 27.7 Å². The lowest BCUT2D eigenvalue weighted by atomic mass is 10.1. The van der Waals surface area contributed by atoms with Gasteiger partial charge >= 0.3 is 0 Å². The summed E-state index contributed by atoms with van der Waals surface area (Å²) in [5.41, 5.74) is 2.44. The Morgan fingerprint density at radius 2 is 2.05 bits per heavy atom. The van der Waals surface area contributed by atoms with Gasteiger partial charge in [-0.3, -0.25) is 0 Å². The molecule has 0 spiro atoms. The van der Waals surface area contributed by atoms with Gasteiger partial charge in [0, 0.05) is 16.6 Å². The predicted octanol–water partition coefficient (Wildman–Crippen LogP) is 4.68. The zero-order valence-electron chi connectivity index (χ0n) is 12.6. The molecule has 0 bridgehead atoms. The summed E-state index contributed by atoms with van der Waals surface area (Å²) in [5.74, 6) is 1.73. The largest absolute Gasteiger partial charge is 0.493 e. The third-order valence-corrected chi connectivity index (χ3v) is 3.46. The second-order valence-electron chi connectivity index (χ2n) is 5.42. The highest BCUT2D eigenvalue weighted by Gasteiger charge is 2.09. The van der Waals surface area contributed by atoms with Gasteiger partial charge in [0.15, 0.2) is 0 Å². The Labute approximate surface area is 126 Å². The van der Waals surface area contributed by atoms with Crippen molar-refractivity contribution in [2.45, 2.75) is 47.1 Å². The second-order valence-corrected chi connectivity index (χ2v) is 6.33. The molecule has 0 unspecified atom stereocenters. The van der Waals surface area contributed by atoms with Gasteiger partial charge in [0.1, 0.15) is 5.75 Å². The summed E-state index contributed by atoms with van der Waals surface area (Å²) in [6, 6.07) is 4.27. The lowest BCUT2D eigenvalue weighted by Gasteiger charge is -2.16. The maximum absolute atomic E-state index is 6.00. The van der Waals surface area contributed by atoms with Crippen molar-refractivity contribution in [1.29, 1.82) is 0 Å². The Bertz CT molecular complexity index is 391. The summed E-state index contributed by atoms with van der Waals surface area (Å²) in [7, 11) is 0. The number of halogens is 1. The number of aryl methyl sites for hydroxylation is 1. The van der Waals surface area contributed by atoms with E-state index in [2.05, 4.69) is 61.1 Å². The Morgan fingerprint density at radius 1 is 1.32 bits per heavy atom. The van der Waals surface area contributed by atoms with Gasteiger partial charge in [-0.2, -0.15) is 0 Å². The minimum absolute atomic E-state index is 0.678. The lowest BCUT2D eigenvalue weighted by Crippen LogP contribution is -2.15. The summed E-state index contributed by atoms with van der Waals surface area (Å²) >= 11 is 3.56. The Hall–Kier alpha value is -0.540. The van der Waals surface area contributed by atoms with E-state index in [1.807, 2.05) is 0 Å². The number of rotatable bonds is 8. The number of hydrogen-bond donors (Lipinski definition) is 1. The first-order valence-corrected chi connectivity index (χ1v) is 7.96. The molecule has 0 heterocycles. The second kappa shape index (κ2) is 8.60. The molecule has 1 aromatic rings. The molecule has 108 valence electrons. The van der Waals surface area contributed by atoms with Crippen LogP contribution in [0.3, 0.4) is 0 Å². The Morgan fingerprint density at radius 3 is 2.68 bits per heavy atom. The van der Waals surface area contributed by atoms with E-state index in [9.17, 15) is 0 Å².